The van der Waals surface area contributed by atoms with Crippen LogP contribution in [0.4, 0.5) is 4.79 Å². The fraction of sp³-hybridized carbons (Fsp3) is 0.556. The number of methoxy groups -OCH3 is 1. The van der Waals surface area contributed by atoms with Crippen molar-refractivity contribution in [3.8, 4) is 5.75 Å². The van der Waals surface area contributed by atoms with Gasteiger partial charge in [-0.3, -0.25) is 14.5 Å². The van der Waals surface area contributed by atoms with Crippen LogP contribution in [0.2, 0.25) is 0 Å². The van der Waals surface area contributed by atoms with Crippen LogP contribution in [0, 0.1) is 0 Å². The first-order chi connectivity index (χ1) is 12.7. The third-order valence-electron chi connectivity index (χ3n) is 4.66. The number of carbonyl (C=O) groups is 2. The number of thioether (sulfide) groups is 1. The first kappa shape index (κ1) is 19.0. The van der Waals surface area contributed by atoms with E-state index in [2.05, 4.69) is 10.2 Å². The number of hydrogen-bond acceptors (Lipinski definition) is 6. The van der Waals surface area contributed by atoms with Crippen molar-refractivity contribution in [3.63, 3.8) is 0 Å². The molecule has 0 saturated carbocycles. The lowest BCUT2D eigenvalue weighted by atomic mass is 10.0. The smallest absolute Gasteiger partial charge is 0.282 e. The molecule has 7 nitrogen and oxygen atoms in total. The van der Waals surface area contributed by atoms with Gasteiger partial charge >= 0.3 is 0 Å². The Morgan fingerprint density at radius 1 is 1.27 bits per heavy atom. The Kier molecular flexibility index (Phi) is 6.76. The van der Waals surface area contributed by atoms with Gasteiger partial charge < -0.3 is 19.7 Å². The molecule has 0 bridgehead atoms. The first-order valence-electron chi connectivity index (χ1n) is 8.81. The van der Waals surface area contributed by atoms with Crippen LogP contribution in [0.15, 0.2) is 24.3 Å². The number of amides is 2. The number of rotatable bonds is 7. The Morgan fingerprint density at radius 3 is 2.62 bits per heavy atom. The fourth-order valence-electron chi connectivity index (χ4n) is 3.18. The Morgan fingerprint density at radius 2 is 2.00 bits per heavy atom. The lowest BCUT2D eigenvalue weighted by Gasteiger charge is -2.35. The summed E-state index contributed by atoms with van der Waals surface area (Å²) < 4.78 is 10.7. The molecule has 2 saturated heterocycles. The highest BCUT2D eigenvalue weighted by molar-refractivity contribution is 8.13. The van der Waals surface area contributed by atoms with E-state index in [-0.39, 0.29) is 23.7 Å². The summed E-state index contributed by atoms with van der Waals surface area (Å²) in [6.45, 7) is 4.31. The SMILES string of the molecule is COc1ccc(C(CNC(=O)CN2CCSC2=O)N2CCOCC2)cc1. The van der Waals surface area contributed by atoms with Gasteiger partial charge in [0.2, 0.25) is 5.91 Å². The zero-order valence-electron chi connectivity index (χ0n) is 15.0. The van der Waals surface area contributed by atoms with Crippen molar-refractivity contribution < 1.29 is 19.1 Å². The molecule has 1 unspecified atom stereocenters. The second-order valence-electron chi connectivity index (χ2n) is 6.28. The Labute approximate surface area is 158 Å². The van der Waals surface area contributed by atoms with Crippen molar-refractivity contribution in [1.82, 2.24) is 15.1 Å². The van der Waals surface area contributed by atoms with Crippen LogP contribution in [0.1, 0.15) is 11.6 Å². The predicted octanol–water partition coefficient (Wildman–Crippen LogP) is 1.35. The van der Waals surface area contributed by atoms with E-state index in [4.69, 9.17) is 9.47 Å². The van der Waals surface area contributed by atoms with Crippen molar-refractivity contribution in [2.75, 3.05) is 58.8 Å². The predicted molar refractivity (Wildman–Crippen MR) is 101 cm³/mol. The zero-order valence-corrected chi connectivity index (χ0v) is 15.8. The third kappa shape index (κ3) is 4.90. The molecule has 26 heavy (non-hydrogen) atoms. The Hall–Kier alpha value is -1.77. The van der Waals surface area contributed by atoms with Gasteiger partial charge in [0, 0.05) is 31.9 Å². The largest absolute Gasteiger partial charge is 0.497 e. The average Bonchev–Trinajstić information content (AvgIpc) is 3.08. The first-order valence-corrected chi connectivity index (χ1v) is 9.80. The van der Waals surface area contributed by atoms with Crippen LogP contribution >= 0.6 is 11.8 Å². The van der Waals surface area contributed by atoms with Crippen molar-refractivity contribution in [3.05, 3.63) is 29.8 Å². The minimum absolute atomic E-state index is 0.0139. The molecule has 2 aliphatic heterocycles. The second-order valence-corrected chi connectivity index (χ2v) is 7.32. The average molecular weight is 379 g/mol. The number of nitrogens with one attached hydrogen (secondary N) is 1. The lowest BCUT2D eigenvalue weighted by molar-refractivity contribution is -0.121. The number of carbonyl (C=O) groups excluding carboxylic acids is 2. The molecule has 0 aliphatic carbocycles. The van der Waals surface area contributed by atoms with E-state index in [9.17, 15) is 9.59 Å². The summed E-state index contributed by atoms with van der Waals surface area (Å²) in [6.07, 6.45) is 0. The molecular weight excluding hydrogens is 354 g/mol. The molecule has 1 aromatic carbocycles. The number of ether oxygens (including phenoxy) is 2. The lowest BCUT2D eigenvalue weighted by Crippen LogP contribution is -2.45. The maximum absolute atomic E-state index is 12.3. The van der Waals surface area contributed by atoms with Gasteiger partial charge in [0.05, 0.1) is 26.4 Å². The van der Waals surface area contributed by atoms with Crippen molar-refractivity contribution in [2.24, 2.45) is 0 Å². The number of nitrogens with zero attached hydrogens (tertiary/aromatic N) is 2. The molecule has 2 fully saturated rings. The maximum Gasteiger partial charge on any atom is 0.282 e. The van der Waals surface area contributed by atoms with Crippen LogP contribution in [0.25, 0.3) is 0 Å². The summed E-state index contributed by atoms with van der Waals surface area (Å²) in [6, 6.07) is 8.00. The van der Waals surface area contributed by atoms with Crippen LogP contribution in [0.5, 0.6) is 5.75 Å². The van der Waals surface area contributed by atoms with E-state index in [0.717, 1.165) is 30.2 Å². The minimum atomic E-state index is -0.118. The number of hydrogen-bond donors (Lipinski definition) is 1. The maximum atomic E-state index is 12.3. The normalized spacial score (nSPS) is 19.4. The van der Waals surface area contributed by atoms with E-state index in [1.54, 1.807) is 12.0 Å². The molecule has 2 heterocycles. The summed E-state index contributed by atoms with van der Waals surface area (Å²) in [7, 11) is 1.65. The van der Waals surface area contributed by atoms with Gasteiger partial charge in [0.1, 0.15) is 12.3 Å². The highest BCUT2D eigenvalue weighted by Gasteiger charge is 2.26. The highest BCUT2D eigenvalue weighted by atomic mass is 32.2. The molecule has 1 atom stereocenters. The minimum Gasteiger partial charge on any atom is -0.497 e. The second kappa shape index (κ2) is 9.25. The van der Waals surface area contributed by atoms with E-state index >= 15 is 0 Å². The molecule has 0 aromatic heterocycles. The van der Waals surface area contributed by atoms with Gasteiger partial charge in [0.15, 0.2) is 0 Å². The van der Waals surface area contributed by atoms with E-state index in [1.807, 2.05) is 24.3 Å². The van der Waals surface area contributed by atoms with E-state index < -0.39 is 0 Å². The molecule has 142 valence electrons. The van der Waals surface area contributed by atoms with Crippen LogP contribution in [-0.4, -0.2) is 79.7 Å². The Balaban J connectivity index is 1.62. The summed E-state index contributed by atoms with van der Waals surface area (Å²) in [5.41, 5.74) is 1.13. The molecule has 2 amide bonds. The van der Waals surface area contributed by atoms with E-state index in [0.29, 0.717) is 26.3 Å². The summed E-state index contributed by atoms with van der Waals surface area (Å²) in [5.74, 6) is 1.45. The van der Waals surface area contributed by atoms with Gasteiger partial charge in [-0.2, -0.15) is 0 Å². The van der Waals surface area contributed by atoms with Gasteiger partial charge in [-0.25, -0.2) is 0 Å². The van der Waals surface area contributed by atoms with Crippen molar-refractivity contribution in [2.45, 2.75) is 6.04 Å². The molecule has 0 spiro atoms. The van der Waals surface area contributed by atoms with Crippen molar-refractivity contribution in [1.29, 1.82) is 0 Å². The molecule has 3 rings (SSSR count). The molecule has 0 radical (unpaired) electrons. The van der Waals surface area contributed by atoms with Gasteiger partial charge in [-0.15, -0.1) is 0 Å². The molecular formula is C18H25N3O4S. The van der Waals surface area contributed by atoms with E-state index in [1.165, 1.54) is 11.8 Å². The molecule has 8 heteroatoms. The highest BCUT2D eigenvalue weighted by Crippen LogP contribution is 2.24. The summed E-state index contributed by atoms with van der Waals surface area (Å²) >= 11 is 1.27. The van der Waals surface area contributed by atoms with Crippen LogP contribution in [-0.2, 0) is 9.53 Å². The fourth-order valence-corrected chi connectivity index (χ4v) is 4.01. The van der Waals surface area contributed by atoms with Crippen LogP contribution < -0.4 is 10.1 Å². The van der Waals surface area contributed by atoms with Gasteiger partial charge in [0.25, 0.3) is 5.24 Å². The standard InChI is InChI=1S/C18H25N3O4S/c1-24-15-4-2-14(3-5-15)16(20-6-9-25-10-7-20)12-19-17(22)13-21-8-11-26-18(21)23/h2-5,16H,6-13H2,1H3,(H,19,22). The molecule has 1 N–H and O–H groups in total. The molecule has 2 aliphatic rings. The monoisotopic (exact) mass is 379 g/mol. The quantitative estimate of drug-likeness (QED) is 0.771. The summed E-state index contributed by atoms with van der Waals surface area (Å²) in [4.78, 5) is 27.9. The number of morpholine rings is 1. The van der Waals surface area contributed by atoms with Gasteiger partial charge in [-0.05, 0) is 17.7 Å². The topological polar surface area (TPSA) is 71.1 Å². The summed E-state index contributed by atoms with van der Waals surface area (Å²) in [5, 5.41) is 2.98. The van der Waals surface area contributed by atoms with Crippen LogP contribution in [0.3, 0.4) is 0 Å². The number of benzene rings is 1. The van der Waals surface area contributed by atoms with Gasteiger partial charge in [-0.1, -0.05) is 23.9 Å². The third-order valence-corrected chi connectivity index (χ3v) is 5.55. The van der Waals surface area contributed by atoms with Crippen molar-refractivity contribution >= 4 is 22.9 Å². The zero-order chi connectivity index (χ0) is 18.4. The Bertz CT molecular complexity index is 619. The molecule has 1 aromatic rings.